The first-order valence-electron chi connectivity index (χ1n) is 16.9. The van der Waals surface area contributed by atoms with Crippen LogP contribution < -0.4 is 0 Å². The smallest absolute Gasteiger partial charge is 0.0713 e. The van der Waals surface area contributed by atoms with Gasteiger partial charge in [-0.1, -0.05) is 212 Å². The maximum Gasteiger partial charge on any atom is 0.0713 e. The summed E-state index contributed by atoms with van der Waals surface area (Å²) in [6.07, 6.45) is 3.28. The molecule has 48 heavy (non-hydrogen) atoms. The highest BCUT2D eigenvalue weighted by molar-refractivity contribution is 5.86. The van der Waals surface area contributed by atoms with E-state index in [4.69, 9.17) is 0 Å². The molecule has 0 saturated carbocycles. The van der Waals surface area contributed by atoms with Crippen molar-refractivity contribution in [3.05, 3.63) is 216 Å². The van der Waals surface area contributed by atoms with Gasteiger partial charge in [0.2, 0.25) is 0 Å². The van der Waals surface area contributed by atoms with Gasteiger partial charge in [-0.05, 0) is 66.6 Å². The molecule has 2 aliphatic rings. The minimum atomic E-state index is -0.254. The molecule has 0 bridgehead atoms. The van der Waals surface area contributed by atoms with Crippen molar-refractivity contribution in [1.29, 1.82) is 0 Å². The van der Waals surface area contributed by atoms with Crippen LogP contribution in [0.15, 0.2) is 177 Å². The van der Waals surface area contributed by atoms with Crippen molar-refractivity contribution in [2.24, 2.45) is 0 Å². The summed E-state index contributed by atoms with van der Waals surface area (Å²) in [6.45, 7) is 18.2. The zero-order valence-electron chi connectivity index (χ0n) is 29.0. The van der Waals surface area contributed by atoms with Crippen LogP contribution in [0.3, 0.4) is 0 Å². The van der Waals surface area contributed by atoms with Crippen LogP contribution in [-0.2, 0) is 16.2 Å². The second kappa shape index (κ2) is 13.1. The van der Waals surface area contributed by atoms with Crippen LogP contribution in [0.2, 0.25) is 0 Å². The highest BCUT2D eigenvalue weighted by atomic mass is 14.5. The van der Waals surface area contributed by atoms with E-state index in [-0.39, 0.29) is 16.2 Å². The summed E-state index contributed by atoms with van der Waals surface area (Å²) in [4.78, 5) is 0. The molecule has 0 atom stereocenters. The predicted octanol–water partition coefficient (Wildman–Crippen LogP) is 12.7. The number of rotatable bonds is 3. The normalized spacial score (nSPS) is 14.0. The Hall–Kier alpha value is -5.20. The van der Waals surface area contributed by atoms with Gasteiger partial charge in [-0.2, -0.15) is 0 Å². The van der Waals surface area contributed by atoms with E-state index >= 15 is 0 Å². The summed E-state index contributed by atoms with van der Waals surface area (Å²) >= 11 is 0. The lowest BCUT2D eigenvalue weighted by molar-refractivity contribution is 0.584. The van der Waals surface area contributed by atoms with Gasteiger partial charge in [0.25, 0.3) is 0 Å². The van der Waals surface area contributed by atoms with Crippen LogP contribution >= 0.6 is 0 Å². The third kappa shape index (κ3) is 5.56. The third-order valence-electron chi connectivity index (χ3n) is 9.98. The molecule has 0 spiro atoms. The van der Waals surface area contributed by atoms with E-state index < -0.39 is 0 Å². The van der Waals surface area contributed by atoms with Gasteiger partial charge in [-0.15, -0.1) is 0 Å². The molecule has 0 fully saturated rings. The fourth-order valence-electron chi connectivity index (χ4n) is 7.57. The Bertz CT molecular complexity index is 1960. The molecule has 238 valence electrons. The summed E-state index contributed by atoms with van der Waals surface area (Å²) in [7, 11) is 0. The molecule has 0 radical (unpaired) electrons. The van der Waals surface area contributed by atoms with Gasteiger partial charge in [-0.25, -0.2) is 0 Å². The first-order chi connectivity index (χ1) is 23.2. The molecular weight excluding hydrogens is 577 g/mol. The van der Waals surface area contributed by atoms with E-state index in [9.17, 15) is 0 Å². The molecule has 6 aromatic rings. The van der Waals surface area contributed by atoms with Crippen molar-refractivity contribution in [3.63, 3.8) is 0 Å². The van der Waals surface area contributed by atoms with Crippen LogP contribution in [0.5, 0.6) is 0 Å². The Balaban J connectivity index is 0.000000155. The van der Waals surface area contributed by atoms with Gasteiger partial charge in [-0.3, -0.25) is 0 Å². The maximum atomic E-state index is 3.36. The molecule has 8 rings (SSSR count). The number of hydrogen-bond acceptors (Lipinski definition) is 0. The zero-order chi connectivity index (χ0) is 33.9. The molecule has 6 aromatic carbocycles. The van der Waals surface area contributed by atoms with Crippen LogP contribution in [0, 0.1) is 0 Å². The summed E-state index contributed by atoms with van der Waals surface area (Å²) in [5, 5.41) is 0. The second-order valence-electron chi connectivity index (χ2n) is 14.2. The SMILES string of the molecule is C=CC=C.CC(C)(C)c1ccc2c(c1)C(C)(C)c1ccccc1-2.c1ccc(C2(c3ccccc3)c3ccccc3-c3ccccc32)cc1. The van der Waals surface area contributed by atoms with Crippen molar-refractivity contribution in [1.82, 2.24) is 0 Å². The van der Waals surface area contributed by atoms with Gasteiger partial charge >= 0.3 is 0 Å². The largest absolute Gasteiger partial charge is 0.0991 e. The minimum Gasteiger partial charge on any atom is -0.0991 e. The molecule has 0 aromatic heterocycles. The van der Waals surface area contributed by atoms with Crippen LogP contribution in [0.1, 0.15) is 73.6 Å². The average Bonchev–Trinajstić information content (AvgIpc) is 3.55. The topological polar surface area (TPSA) is 0 Å². The lowest BCUT2D eigenvalue weighted by atomic mass is 9.68. The molecule has 2 aliphatic carbocycles. The predicted molar refractivity (Wildman–Crippen MR) is 207 cm³/mol. The third-order valence-corrected chi connectivity index (χ3v) is 9.98. The van der Waals surface area contributed by atoms with Gasteiger partial charge in [0.05, 0.1) is 5.41 Å². The van der Waals surface area contributed by atoms with E-state index in [1.165, 1.54) is 61.2 Å². The number of benzene rings is 6. The van der Waals surface area contributed by atoms with Crippen molar-refractivity contribution in [2.75, 3.05) is 0 Å². The minimum absolute atomic E-state index is 0.118. The monoisotopic (exact) mass is 622 g/mol. The number of hydrogen-bond donors (Lipinski definition) is 0. The van der Waals surface area contributed by atoms with Crippen molar-refractivity contribution in [3.8, 4) is 22.3 Å². The summed E-state index contributed by atoms with van der Waals surface area (Å²) in [5.74, 6) is 0. The highest BCUT2D eigenvalue weighted by Crippen LogP contribution is 2.56. The van der Waals surface area contributed by atoms with Gasteiger partial charge < -0.3 is 0 Å². The molecule has 0 heterocycles. The fourth-order valence-corrected chi connectivity index (χ4v) is 7.57. The van der Waals surface area contributed by atoms with E-state index in [0.717, 1.165) is 0 Å². The summed E-state index contributed by atoms with van der Waals surface area (Å²) in [6, 6.07) is 55.3. The molecular formula is C48H46. The maximum absolute atomic E-state index is 3.36. The van der Waals surface area contributed by atoms with E-state index in [1.54, 1.807) is 12.2 Å². The summed E-state index contributed by atoms with van der Waals surface area (Å²) < 4.78 is 0. The first kappa shape index (κ1) is 32.7. The molecule has 0 amide bonds. The molecule has 0 aliphatic heterocycles. The molecule has 0 unspecified atom stereocenters. The van der Waals surface area contributed by atoms with E-state index in [1.807, 2.05) is 0 Å². The Kier molecular flexibility index (Phi) is 8.95. The average molecular weight is 623 g/mol. The number of allylic oxidation sites excluding steroid dienone is 2. The Morgan fingerprint density at radius 3 is 1.25 bits per heavy atom. The Morgan fingerprint density at radius 1 is 0.438 bits per heavy atom. The van der Waals surface area contributed by atoms with Gasteiger partial charge in [0.15, 0.2) is 0 Å². The zero-order valence-corrected chi connectivity index (χ0v) is 29.0. The lowest BCUT2D eigenvalue weighted by Gasteiger charge is -2.33. The number of fused-ring (bicyclic) bond motifs is 6. The Morgan fingerprint density at radius 2 is 0.812 bits per heavy atom. The second-order valence-corrected chi connectivity index (χ2v) is 14.2. The standard InChI is InChI=1S/C25H18.C19H22.C4H6/c1-3-11-19(12-4-1)25(20-13-5-2-6-14-20)23-17-9-7-15-21(23)22-16-8-10-18-24(22)25;1-18(2,3)13-10-11-15-14-8-6-7-9-16(14)19(4,5)17(15)12-13;1-3-4-2/h1-18H;6-12H,1-5H3;3-4H,1-2H2. The molecule has 0 heteroatoms. The molecule has 0 N–H and O–H groups in total. The summed E-state index contributed by atoms with van der Waals surface area (Å²) in [5.41, 5.74) is 15.3. The fraction of sp³-hybridized carbons (Fsp3) is 0.167. The van der Waals surface area contributed by atoms with Crippen LogP contribution in [0.4, 0.5) is 0 Å². The quantitative estimate of drug-likeness (QED) is 0.172. The van der Waals surface area contributed by atoms with Gasteiger partial charge in [0.1, 0.15) is 0 Å². The van der Waals surface area contributed by atoms with Crippen LogP contribution in [0.25, 0.3) is 22.3 Å². The van der Waals surface area contributed by atoms with Crippen molar-refractivity contribution < 1.29 is 0 Å². The lowest BCUT2D eigenvalue weighted by Crippen LogP contribution is -2.28. The Labute approximate surface area is 288 Å². The van der Waals surface area contributed by atoms with E-state index in [2.05, 4.69) is 199 Å². The first-order valence-corrected chi connectivity index (χ1v) is 16.9. The van der Waals surface area contributed by atoms with Crippen LogP contribution in [-0.4, -0.2) is 0 Å². The molecule has 0 nitrogen and oxygen atoms in total. The van der Waals surface area contributed by atoms with Gasteiger partial charge in [0, 0.05) is 5.41 Å². The highest BCUT2D eigenvalue weighted by Gasteiger charge is 2.45. The van der Waals surface area contributed by atoms with Crippen molar-refractivity contribution >= 4 is 0 Å². The van der Waals surface area contributed by atoms with E-state index in [0.29, 0.717) is 0 Å². The van der Waals surface area contributed by atoms with Crippen molar-refractivity contribution in [2.45, 2.75) is 50.9 Å². The molecule has 0 saturated heterocycles.